The molecule has 2 heterocycles. The highest BCUT2D eigenvalue weighted by Crippen LogP contribution is 2.66. The van der Waals surface area contributed by atoms with Gasteiger partial charge in [-0.1, -0.05) is 18.2 Å². The van der Waals surface area contributed by atoms with Gasteiger partial charge in [0, 0.05) is 17.5 Å². The Morgan fingerprint density at radius 3 is 2.96 bits per heavy atom. The van der Waals surface area contributed by atoms with Gasteiger partial charge in [0.05, 0.1) is 12.5 Å². The topological polar surface area (TPSA) is 41.9 Å². The lowest BCUT2D eigenvalue weighted by molar-refractivity contribution is -0.110. The zero-order valence-electron chi connectivity index (χ0n) is 13.9. The van der Waals surface area contributed by atoms with Gasteiger partial charge in [-0.25, -0.2) is 0 Å². The predicted octanol–water partition coefficient (Wildman–Crippen LogP) is 1.89. The van der Waals surface area contributed by atoms with Crippen LogP contribution in [-0.2, 0) is 11.8 Å². The van der Waals surface area contributed by atoms with E-state index in [-0.39, 0.29) is 5.41 Å². The van der Waals surface area contributed by atoms with Crippen LogP contribution in [0.2, 0.25) is 0 Å². The number of piperidine rings is 1. The van der Waals surface area contributed by atoms with Gasteiger partial charge >= 0.3 is 0 Å². The Morgan fingerprint density at radius 1 is 1.35 bits per heavy atom. The number of hydrogen-bond donors (Lipinski definition) is 1. The molecule has 0 radical (unpaired) electrons. The Balaban J connectivity index is 1.87. The van der Waals surface area contributed by atoms with Crippen molar-refractivity contribution in [1.29, 1.82) is 0 Å². The normalized spacial score (nSPS) is 43.0. The van der Waals surface area contributed by atoms with Gasteiger partial charge in [0.1, 0.15) is 11.7 Å². The highest BCUT2D eigenvalue weighted by Gasteiger charge is 2.70. The van der Waals surface area contributed by atoms with Crippen molar-refractivity contribution in [2.75, 3.05) is 20.7 Å². The minimum atomic E-state index is -0.613. The maximum atomic E-state index is 10.8. The third kappa shape index (κ3) is 1.33. The van der Waals surface area contributed by atoms with Crippen LogP contribution in [0.15, 0.2) is 24.3 Å². The molecule has 1 aromatic carbocycles. The highest BCUT2D eigenvalue weighted by atomic mass is 16.5. The largest absolute Gasteiger partial charge is 0.493 e. The minimum Gasteiger partial charge on any atom is -0.493 e. The van der Waals surface area contributed by atoms with E-state index < -0.39 is 11.7 Å². The van der Waals surface area contributed by atoms with E-state index in [9.17, 15) is 5.11 Å². The van der Waals surface area contributed by atoms with Gasteiger partial charge in [-0.15, -0.1) is 0 Å². The molecule has 1 saturated heterocycles. The summed E-state index contributed by atoms with van der Waals surface area (Å²) in [6, 6.07) is 4.69. The molecular weight excluding hydrogens is 290 g/mol. The monoisotopic (exact) mass is 313 g/mol. The molecule has 4 aliphatic rings. The summed E-state index contributed by atoms with van der Waals surface area (Å²) in [6.45, 7) is 3.13. The van der Waals surface area contributed by atoms with Gasteiger partial charge in [-0.05, 0) is 45.0 Å². The highest BCUT2D eigenvalue weighted by molar-refractivity contribution is 5.63. The van der Waals surface area contributed by atoms with Crippen LogP contribution < -0.4 is 9.47 Å². The van der Waals surface area contributed by atoms with Crippen LogP contribution in [0, 0.1) is 5.92 Å². The molecule has 4 nitrogen and oxygen atoms in total. The summed E-state index contributed by atoms with van der Waals surface area (Å²) in [6.07, 6.45) is 5.64. The summed E-state index contributed by atoms with van der Waals surface area (Å²) in [5.74, 6) is 2.04. The Bertz CT molecular complexity index is 730. The van der Waals surface area contributed by atoms with Gasteiger partial charge in [-0.3, -0.25) is 0 Å². The molecule has 2 bridgehead atoms. The maximum absolute atomic E-state index is 10.8. The molecule has 0 aromatic heterocycles. The van der Waals surface area contributed by atoms with Gasteiger partial charge in [0.2, 0.25) is 0 Å². The molecule has 0 saturated carbocycles. The SMILES string of the molecule is COc1ccc2c3c1O[C@]1(C)[C@H](O)C=C[C@H]4[C@@H](C2)N(C)CC[C@@]341. The lowest BCUT2D eigenvalue weighted by Gasteiger charge is -2.60. The van der Waals surface area contributed by atoms with Crippen molar-refractivity contribution in [3.05, 3.63) is 35.4 Å². The number of hydrogen-bond acceptors (Lipinski definition) is 4. The van der Waals surface area contributed by atoms with E-state index in [2.05, 4.69) is 31.0 Å². The van der Waals surface area contributed by atoms with Gasteiger partial charge in [-0.2, -0.15) is 0 Å². The number of aliphatic hydroxyl groups excluding tert-OH is 1. The van der Waals surface area contributed by atoms with Gasteiger partial charge < -0.3 is 19.5 Å². The van der Waals surface area contributed by atoms with Crippen LogP contribution in [0.25, 0.3) is 0 Å². The molecule has 5 atom stereocenters. The second-order valence-electron chi connectivity index (χ2n) is 7.67. The number of likely N-dealkylation sites (tertiary alicyclic amines) is 1. The molecule has 1 spiro atoms. The van der Waals surface area contributed by atoms with Crippen LogP contribution in [0.1, 0.15) is 24.5 Å². The van der Waals surface area contributed by atoms with Gasteiger partial charge in [0.15, 0.2) is 11.5 Å². The second kappa shape index (κ2) is 4.11. The quantitative estimate of drug-likeness (QED) is 0.804. The number of benzene rings is 1. The Hall–Kier alpha value is -1.52. The molecule has 1 aromatic rings. The van der Waals surface area contributed by atoms with Crippen LogP contribution in [0.3, 0.4) is 0 Å². The third-order valence-corrected chi connectivity index (χ3v) is 6.98. The van der Waals surface area contributed by atoms with E-state index in [1.54, 1.807) is 7.11 Å². The number of rotatable bonds is 1. The van der Waals surface area contributed by atoms with Crippen molar-refractivity contribution >= 4 is 0 Å². The summed E-state index contributed by atoms with van der Waals surface area (Å²) in [4.78, 5) is 2.48. The number of methoxy groups -OCH3 is 1. The molecular formula is C19H23NO3. The average molecular weight is 313 g/mol. The molecule has 4 heteroatoms. The van der Waals surface area contributed by atoms with Crippen molar-refractivity contribution in [2.45, 2.75) is 42.9 Å². The van der Waals surface area contributed by atoms with Crippen molar-refractivity contribution < 1.29 is 14.6 Å². The standard InChI is InChI=1S/C19H23NO3/c1-18-15(21)7-5-12-13-10-11-4-6-14(22-3)17(23-18)16(11)19(12,18)8-9-20(13)2/h4-7,12-13,15,21H,8-10H2,1-3H3/t12-,13+,15+,18+,19-/m0/s1. The number of likely N-dealkylation sites (N-methyl/N-ethyl adjacent to an activating group) is 1. The van der Waals surface area contributed by atoms with E-state index in [1.165, 1.54) is 11.1 Å². The smallest absolute Gasteiger partial charge is 0.166 e. The molecule has 1 N–H and O–H groups in total. The first-order valence-corrected chi connectivity index (χ1v) is 8.49. The molecule has 5 rings (SSSR count). The molecule has 0 unspecified atom stereocenters. The number of aliphatic hydroxyl groups is 1. The van der Waals surface area contributed by atoms with E-state index in [0.29, 0.717) is 12.0 Å². The molecule has 0 amide bonds. The summed E-state index contributed by atoms with van der Waals surface area (Å²) < 4.78 is 12.1. The minimum absolute atomic E-state index is 0.143. The van der Waals surface area contributed by atoms with Crippen molar-refractivity contribution in [1.82, 2.24) is 4.90 Å². The Kier molecular flexibility index (Phi) is 2.48. The number of nitrogens with zero attached hydrogens (tertiary/aromatic N) is 1. The van der Waals surface area contributed by atoms with E-state index in [0.717, 1.165) is 30.9 Å². The molecule has 2 aliphatic carbocycles. The van der Waals surface area contributed by atoms with Crippen LogP contribution in [0.4, 0.5) is 0 Å². The fourth-order valence-corrected chi connectivity index (χ4v) is 5.77. The molecule has 2 aliphatic heterocycles. The summed E-state index contributed by atoms with van der Waals surface area (Å²) in [5.41, 5.74) is 1.91. The van der Waals surface area contributed by atoms with Crippen molar-refractivity contribution in [2.24, 2.45) is 5.92 Å². The summed E-state index contributed by atoms with van der Waals surface area (Å²) in [7, 11) is 3.91. The summed E-state index contributed by atoms with van der Waals surface area (Å²) in [5, 5.41) is 10.8. The zero-order chi connectivity index (χ0) is 16.0. The first-order chi connectivity index (χ1) is 11.0. The van der Waals surface area contributed by atoms with Crippen molar-refractivity contribution in [3.63, 3.8) is 0 Å². The van der Waals surface area contributed by atoms with Crippen molar-refractivity contribution in [3.8, 4) is 11.5 Å². The lowest BCUT2D eigenvalue weighted by Crippen LogP contribution is -2.70. The van der Waals surface area contributed by atoms with Crippen LogP contribution >= 0.6 is 0 Å². The number of ether oxygens (including phenoxy) is 2. The van der Waals surface area contributed by atoms with Gasteiger partial charge in [0.25, 0.3) is 0 Å². The molecule has 23 heavy (non-hydrogen) atoms. The third-order valence-electron chi connectivity index (χ3n) is 6.98. The van der Waals surface area contributed by atoms with E-state index in [1.807, 2.05) is 12.1 Å². The van der Waals surface area contributed by atoms with E-state index in [4.69, 9.17) is 9.47 Å². The summed E-state index contributed by atoms with van der Waals surface area (Å²) >= 11 is 0. The average Bonchev–Trinajstić information content (AvgIpc) is 2.82. The van der Waals surface area contributed by atoms with E-state index >= 15 is 0 Å². The first kappa shape index (κ1) is 13.9. The maximum Gasteiger partial charge on any atom is 0.166 e. The Labute approximate surface area is 136 Å². The van der Waals surface area contributed by atoms with Crippen LogP contribution in [0.5, 0.6) is 11.5 Å². The predicted molar refractivity (Wildman–Crippen MR) is 87.1 cm³/mol. The lowest BCUT2D eigenvalue weighted by atomic mass is 9.49. The fraction of sp³-hybridized carbons (Fsp3) is 0.579. The molecule has 122 valence electrons. The van der Waals surface area contributed by atoms with Crippen LogP contribution in [-0.4, -0.2) is 48.5 Å². The zero-order valence-corrected chi connectivity index (χ0v) is 13.9. The fourth-order valence-electron chi connectivity index (χ4n) is 5.77. The Morgan fingerprint density at radius 2 is 2.17 bits per heavy atom. The first-order valence-electron chi connectivity index (χ1n) is 8.49. The molecule has 1 fully saturated rings. The second-order valence-corrected chi connectivity index (χ2v) is 7.67.